The lowest BCUT2D eigenvalue weighted by Crippen LogP contribution is -2.35. The van der Waals surface area contributed by atoms with Gasteiger partial charge in [0.2, 0.25) is 10.9 Å². The van der Waals surface area contributed by atoms with Crippen LogP contribution < -0.4 is 10.6 Å². The van der Waals surface area contributed by atoms with Gasteiger partial charge in [-0.3, -0.25) is 9.59 Å². The number of hydrogen-bond acceptors (Lipinski definition) is 6. The van der Waals surface area contributed by atoms with Crippen LogP contribution in [-0.4, -0.2) is 42.5 Å². The van der Waals surface area contributed by atoms with Crippen LogP contribution >= 0.6 is 11.3 Å². The first-order chi connectivity index (χ1) is 10.1. The Labute approximate surface area is 126 Å². The Balaban J connectivity index is 1.72. The predicted octanol–water partition coefficient (Wildman–Crippen LogP) is 0.576. The number of carbonyl (C=O) groups is 3. The molecule has 1 aliphatic rings. The van der Waals surface area contributed by atoms with E-state index < -0.39 is 5.97 Å². The molecule has 0 spiro atoms. The lowest BCUT2D eigenvalue weighted by atomic mass is 10.4. The largest absolute Gasteiger partial charge is 0.461 e. The molecule has 114 valence electrons. The third-order valence-corrected chi connectivity index (χ3v) is 3.67. The number of carbonyl (C=O) groups excluding carboxylic acids is 3. The van der Waals surface area contributed by atoms with Crippen molar-refractivity contribution in [3.63, 3.8) is 0 Å². The van der Waals surface area contributed by atoms with Gasteiger partial charge in [-0.15, -0.1) is 11.3 Å². The van der Waals surface area contributed by atoms with Crippen molar-refractivity contribution in [2.24, 2.45) is 5.92 Å². The van der Waals surface area contributed by atoms with Gasteiger partial charge in [0, 0.05) is 24.4 Å². The summed E-state index contributed by atoms with van der Waals surface area (Å²) in [7, 11) is 0. The minimum Gasteiger partial charge on any atom is -0.461 e. The topological polar surface area (TPSA) is 97.4 Å². The number of esters is 1. The van der Waals surface area contributed by atoms with E-state index in [2.05, 4.69) is 15.6 Å². The molecule has 8 heteroatoms. The Hall–Kier alpha value is -1.96. The molecular formula is C13H17N3O4S. The highest BCUT2D eigenvalue weighted by molar-refractivity contribution is 7.11. The molecule has 0 aromatic carbocycles. The summed E-state index contributed by atoms with van der Waals surface area (Å²) < 4.78 is 4.80. The van der Waals surface area contributed by atoms with Crippen LogP contribution in [0.1, 0.15) is 40.1 Å². The number of rotatable bonds is 7. The fourth-order valence-corrected chi connectivity index (χ4v) is 2.30. The van der Waals surface area contributed by atoms with E-state index >= 15 is 0 Å². The molecule has 1 fully saturated rings. The summed E-state index contributed by atoms with van der Waals surface area (Å²) in [6.45, 7) is 2.68. The molecule has 2 amide bonds. The van der Waals surface area contributed by atoms with Crippen molar-refractivity contribution < 1.29 is 19.1 Å². The van der Waals surface area contributed by atoms with E-state index in [1.165, 1.54) is 5.38 Å². The third kappa shape index (κ3) is 4.52. The molecule has 0 bridgehead atoms. The molecule has 0 radical (unpaired) electrons. The maximum absolute atomic E-state index is 11.8. The molecule has 2 rings (SSSR count). The molecule has 1 saturated carbocycles. The molecular weight excluding hydrogens is 294 g/mol. The van der Waals surface area contributed by atoms with Crippen molar-refractivity contribution in [1.29, 1.82) is 0 Å². The zero-order valence-corrected chi connectivity index (χ0v) is 12.5. The number of nitrogens with one attached hydrogen (secondary N) is 2. The molecule has 2 N–H and O–H groups in total. The minimum absolute atomic E-state index is 0.0440. The highest BCUT2D eigenvalue weighted by Crippen LogP contribution is 2.28. The van der Waals surface area contributed by atoms with Crippen LogP contribution in [0, 0.1) is 5.92 Å². The molecule has 1 aromatic rings. The third-order valence-electron chi connectivity index (χ3n) is 2.84. The van der Waals surface area contributed by atoms with E-state index in [0.717, 1.165) is 24.2 Å². The highest BCUT2D eigenvalue weighted by Gasteiger charge is 2.29. The summed E-state index contributed by atoms with van der Waals surface area (Å²) in [4.78, 5) is 38.5. The van der Waals surface area contributed by atoms with Crippen LogP contribution in [0.5, 0.6) is 0 Å². The monoisotopic (exact) mass is 311 g/mol. The molecule has 0 atom stereocenters. The van der Waals surface area contributed by atoms with Gasteiger partial charge in [0.15, 0.2) is 0 Å². The minimum atomic E-state index is -0.529. The van der Waals surface area contributed by atoms with Crippen molar-refractivity contribution in [3.8, 4) is 0 Å². The summed E-state index contributed by atoms with van der Waals surface area (Å²) in [6, 6.07) is 0. The van der Waals surface area contributed by atoms with E-state index in [-0.39, 0.29) is 35.0 Å². The van der Waals surface area contributed by atoms with Crippen molar-refractivity contribution >= 4 is 29.1 Å². The zero-order valence-electron chi connectivity index (χ0n) is 11.7. The Morgan fingerprint density at radius 1 is 1.33 bits per heavy atom. The number of nitrogens with zero attached hydrogens (tertiary/aromatic N) is 1. The summed E-state index contributed by atoms with van der Waals surface area (Å²) in [5.74, 6) is -0.699. The average molecular weight is 311 g/mol. The zero-order chi connectivity index (χ0) is 15.2. The van der Waals surface area contributed by atoms with Crippen LogP contribution in [-0.2, 0) is 9.53 Å². The summed E-state index contributed by atoms with van der Waals surface area (Å²) in [6.07, 6.45) is 1.90. The number of aromatic nitrogens is 1. The van der Waals surface area contributed by atoms with Gasteiger partial charge >= 0.3 is 5.97 Å². The van der Waals surface area contributed by atoms with Gasteiger partial charge in [0.25, 0.3) is 5.91 Å². The highest BCUT2D eigenvalue weighted by atomic mass is 32.1. The van der Waals surface area contributed by atoms with Crippen LogP contribution in [0.2, 0.25) is 0 Å². The van der Waals surface area contributed by atoms with Crippen LogP contribution in [0.15, 0.2) is 5.38 Å². The Bertz CT molecular complexity index is 539. The van der Waals surface area contributed by atoms with Gasteiger partial charge in [-0.25, -0.2) is 9.78 Å². The summed E-state index contributed by atoms with van der Waals surface area (Å²) >= 11 is 1.07. The first-order valence-electron chi connectivity index (χ1n) is 6.80. The quantitative estimate of drug-likeness (QED) is 0.567. The number of amides is 2. The lowest BCUT2D eigenvalue weighted by Gasteiger charge is -2.05. The molecule has 7 nitrogen and oxygen atoms in total. The second kappa shape index (κ2) is 7.16. The van der Waals surface area contributed by atoms with Gasteiger partial charge in [0.1, 0.15) is 5.69 Å². The Kier molecular flexibility index (Phi) is 5.26. The van der Waals surface area contributed by atoms with Gasteiger partial charge < -0.3 is 15.4 Å². The second-order valence-corrected chi connectivity index (χ2v) is 5.44. The number of ether oxygens (including phenoxy) is 1. The van der Waals surface area contributed by atoms with E-state index in [9.17, 15) is 14.4 Å². The molecule has 1 aliphatic carbocycles. The van der Waals surface area contributed by atoms with E-state index in [0.29, 0.717) is 13.1 Å². The van der Waals surface area contributed by atoms with Crippen molar-refractivity contribution in [3.05, 3.63) is 16.1 Å². The normalized spacial score (nSPS) is 13.6. The molecule has 1 aromatic heterocycles. The van der Waals surface area contributed by atoms with E-state index in [1.54, 1.807) is 6.92 Å². The van der Waals surface area contributed by atoms with E-state index in [4.69, 9.17) is 4.74 Å². The average Bonchev–Trinajstić information content (AvgIpc) is 3.20. The van der Waals surface area contributed by atoms with Crippen molar-refractivity contribution in [2.45, 2.75) is 19.8 Å². The first kappa shape index (κ1) is 15.4. The Morgan fingerprint density at radius 3 is 2.71 bits per heavy atom. The predicted molar refractivity (Wildman–Crippen MR) is 76.1 cm³/mol. The smallest absolute Gasteiger partial charge is 0.367 e. The summed E-state index contributed by atoms with van der Waals surface area (Å²) in [5, 5.41) is 7.04. The molecule has 0 aliphatic heterocycles. The summed E-state index contributed by atoms with van der Waals surface area (Å²) in [5.41, 5.74) is 0.177. The fourth-order valence-electron chi connectivity index (χ4n) is 1.61. The molecule has 0 unspecified atom stereocenters. The first-order valence-corrected chi connectivity index (χ1v) is 7.68. The Morgan fingerprint density at radius 2 is 2.05 bits per heavy atom. The van der Waals surface area contributed by atoms with Gasteiger partial charge in [-0.2, -0.15) is 0 Å². The second-order valence-electron chi connectivity index (χ2n) is 4.58. The van der Waals surface area contributed by atoms with Gasteiger partial charge in [0.05, 0.1) is 6.61 Å². The maximum atomic E-state index is 11.8. The molecule has 1 heterocycles. The fraction of sp³-hybridized carbons (Fsp3) is 0.538. The SMILES string of the molecule is CCOC(=O)c1nc(C(=O)NCCNC(=O)C2CC2)cs1. The van der Waals surface area contributed by atoms with Crippen LogP contribution in [0.3, 0.4) is 0 Å². The molecule has 0 saturated heterocycles. The van der Waals surface area contributed by atoms with Crippen molar-refractivity contribution in [2.75, 3.05) is 19.7 Å². The lowest BCUT2D eigenvalue weighted by molar-refractivity contribution is -0.122. The van der Waals surface area contributed by atoms with E-state index in [1.807, 2.05) is 0 Å². The molecule has 21 heavy (non-hydrogen) atoms. The number of hydrogen-bond donors (Lipinski definition) is 2. The van der Waals surface area contributed by atoms with Crippen LogP contribution in [0.4, 0.5) is 0 Å². The number of thiazole rings is 1. The van der Waals surface area contributed by atoms with Gasteiger partial charge in [-0.1, -0.05) is 0 Å². The van der Waals surface area contributed by atoms with Gasteiger partial charge in [-0.05, 0) is 19.8 Å². The standard InChI is InChI=1S/C13H17N3O4S/c1-2-20-13(19)12-16-9(7-21-12)11(18)15-6-5-14-10(17)8-3-4-8/h7-8H,2-6H2,1H3,(H,14,17)(H,15,18). The van der Waals surface area contributed by atoms with Crippen LogP contribution in [0.25, 0.3) is 0 Å². The van der Waals surface area contributed by atoms with Crippen molar-refractivity contribution in [1.82, 2.24) is 15.6 Å². The maximum Gasteiger partial charge on any atom is 0.367 e.